The summed E-state index contributed by atoms with van der Waals surface area (Å²) in [6.45, 7) is 1.72. The van der Waals surface area contributed by atoms with Crippen LogP contribution in [0.1, 0.15) is 28.9 Å². The Kier molecular flexibility index (Phi) is 3.84. The van der Waals surface area contributed by atoms with Crippen LogP contribution in [0.4, 0.5) is 15.9 Å². The SMILES string of the molecule is CC(Nc1ncc(N)cc1C(=O)O)c1ccccc1F. The Morgan fingerprint density at radius 3 is 2.80 bits per heavy atom. The van der Waals surface area contributed by atoms with Crippen molar-refractivity contribution in [3.63, 3.8) is 0 Å². The van der Waals surface area contributed by atoms with Crippen molar-refractivity contribution in [1.29, 1.82) is 0 Å². The number of nitrogen functional groups attached to an aromatic ring is 1. The van der Waals surface area contributed by atoms with Gasteiger partial charge in [0.25, 0.3) is 0 Å². The van der Waals surface area contributed by atoms with E-state index in [9.17, 15) is 9.18 Å². The summed E-state index contributed by atoms with van der Waals surface area (Å²) in [6, 6.07) is 7.17. The predicted molar refractivity (Wildman–Crippen MR) is 74.0 cm³/mol. The molecule has 4 N–H and O–H groups in total. The monoisotopic (exact) mass is 275 g/mol. The number of halogens is 1. The van der Waals surface area contributed by atoms with Crippen LogP contribution in [-0.2, 0) is 0 Å². The van der Waals surface area contributed by atoms with Crippen molar-refractivity contribution in [2.75, 3.05) is 11.1 Å². The van der Waals surface area contributed by atoms with E-state index in [1.165, 1.54) is 18.3 Å². The van der Waals surface area contributed by atoms with Gasteiger partial charge in [0.15, 0.2) is 0 Å². The highest BCUT2D eigenvalue weighted by atomic mass is 19.1. The predicted octanol–water partition coefficient (Wildman–Crippen LogP) is 2.67. The van der Waals surface area contributed by atoms with Crippen molar-refractivity contribution in [1.82, 2.24) is 4.98 Å². The highest BCUT2D eigenvalue weighted by molar-refractivity contribution is 5.94. The van der Waals surface area contributed by atoms with Crippen LogP contribution < -0.4 is 11.1 Å². The smallest absolute Gasteiger partial charge is 0.339 e. The lowest BCUT2D eigenvalue weighted by Crippen LogP contribution is -2.13. The van der Waals surface area contributed by atoms with Crippen molar-refractivity contribution < 1.29 is 14.3 Å². The van der Waals surface area contributed by atoms with Crippen molar-refractivity contribution in [2.24, 2.45) is 0 Å². The summed E-state index contributed by atoms with van der Waals surface area (Å²) in [5, 5.41) is 12.0. The molecule has 5 nitrogen and oxygen atoms in total. The van der Waals surface area contributed by atoms with Crippen LogP contribution in [0.2, 0.25) is 0 Å². The Balaban J connectivity index is 2.31. The number of carboxylic acid groups (broad SMARTS) is 1. The van der Waals surface area contributed by atoms with Crippen molar-refractivity contribution >= 4 is 17.5 Å². The topological polar surface area (TPSA) is 88.2 Å². The van der Waals surface area contributed by atoms with Gasteiger partial charge in [-0.2, -0.15) is 0 Å². The van der Waals surface area contributed by atoms with Gasteiger partial charge in [0.1, 0.15) is 17.2 Å². The number of nitrogens with two attached hydrogens (primary N) is 1. The molecule has 1 aromatic heterocycles. The van der Waals surface area contributed by atoms with E-state index in [1.807, 2.05) is 0 Å². The summed E-state index contributed by atoms with van der Waals surface area (Å²) in [6.07, 6.45) is 1.35. The third-order valence-corrected chi connectivity index (χ3v) is 2.86. The molecule has 0 radical (unpaired) electrons. The number of benzene rings is 1. The third kappa shape index (κ3) is 2.85. The molecule has 6 heteroatoms. The molecule has 104 valence electrons. The number of pyridine rings is 1. The van der Waals surface area contributed by atoms with Crippen LogP contribution in [0.3, 0.4) is 0 Å². The first-order chi connectivity index (χ1) is 9.49. The highest BCUT2D eigenvalue weighted by Gasteiger charge is 2.16. The lowest BCUT2D eigenvalue weighted by Gasteiger charge is -2.17. The Morgan fingerprint density at radius 1 is 1.45 bits per heavy atom. The number of carbonyl (C=O) groups is 1. The number of nitrogens with zero attached hydrogens (tertiary/aromatic N) is 1. The molecule has 1 atom stereocenters. The van der Waals surface area contributed by atoms with Crippen LogP contribution >= 0.6 is 0 Å². The molecule has 0 aliphatic carbocycles. The van der Waals surface area contributed by atoms with Gasteiger partial charge in [-0.25, -0.2) is 14.2 Å². The molecule has 1 heterocycles. The summed E-state index contributed by atoms with van der Waals surface area (Å²) >= 11 is 0. The van der Waals surface area contributed by atoms with E-state index in [0.717, 1.165) is 0 Å². The van der Waals surface area contributed by atoms with Crippen LogP contribution in [0.5, 0.6) is 0 Å². The second-order valence-corrected chi connectivity index (χ2v) is 4.36. The van der Waals surface area contributed by atoms with Crippen LogP contribution in [-0.4, -0.2) is 16.1 Å². The van der Waals surface area contributed by atoms with Gasteiger partial charge in [0.05, 0.1) is 17.9 Å². The van der Waals surface area contributed by atoms with E-state index >= 15 is 0 Å². The van der Waals surface area contributed by atoms with Gasteiger partial charge in [0.2, 0.25) is 0 Å². The molecule has 2 aromatic rings. The second-order valence-electron chi connectivity index (χ2n) is 4.36. The maximum atomic E-state index is 13.7. The fourth-order valence-electron chi connectivity index (χ4n) is 1.87. The van der Waals surface area contributed by atoms with E-state index in [2.05, 4.69) is 10.3 Å². The lowest BCUT2D eigenvalue weighted by molar-refractivity contribution is 0.0697. The molecule has 0 spiro atoms. The van der Waals surface area contributed by atoms with E-state index in [-0.39, 0.29) is 22.9 Å². The Morgan fingerprint density at radius 2 is 2.15 bits per heavy atom. The van der Waals surface area contributed by atoms with Crippen LogP contribution in [0.15, 0.2) is 36.5 Å². The first kappa shape index (κ1) is 13.8. The number of aromatic nitrogens is 1. The van der Waals surface area contributed by atoms with Crippen molar-refractivity contribution in [3.05, 3.63) is 53.5 Å². The molecule has 0 saturated heterocycles. The molecule has 0 aliphatic heterocycles. The molecule has 20 heavy (non-hydrogen) atoms. The molecular weight excluding hydrogens is 261 g/mol. The van der Waals surface area contributed by atoms with E-state index in [0.29, 0.717) is 5.56 Å². The average Bonchev–Trinajstić information content (AvgIpc) is 2.41. The minimum atomic E-state index is -1.15. The minimum Gasteiger partial charge on any atom is -0.478 e. The number of hydrogen-bond donors (Lipinski definition) is 3. The van der Waals surface area contributed by atoms with Crippen molar-refractivity contribution in [2.45, 2.75) is 13.0 Å². The maximum Gasteiger partial charge on any atom is 0.339 e. The van der Waals surface area contributed by atoms with Gasteiger partial charge in [-0.15, -0.1) is 0 Å². The first-order valence-electron chi connectivity index (χ1n) is 5.99. The van der Waals surface area contributed by atoms with Gasteiger partial charge < -0.3 is 16.2 Å². The van der Waals surface area contributed by atoms with Crippen LogP contribution in [0, 0.1) is 5.82 Å². The summed E-state index contributed by atoms with van der Waals surface area (Å²) < 4.78 is 13.7. The number of anilines is 2. The van der Waals surface area contributed by atoms with Gasteiger partial charge in [-0.1, -0.05) is 18.2 Å². The normalized spacial score (nSPS) is 11.9. The van der Waals surface area contributed by atoms with Gasteiger partial charge in [0, 0.05) is 5.56 Å². The van der Waals surface area contributed by atoms with Gasteiger partial charge >= 0.3 is 5.97 Å². The van der Waals surface area contributed by atoms with E-state index in [4.69, 9.17) is 10.8 Å². The lowest BCUT2D eigenvalue weighted by atomic mass is 10.1. The molecule has 0 fully saturated rings. The number of aromatic carboxylic acids is 1. The molecule has 0 saturated carbocycles. The first-order valence-corrected chi connectivity index (χ1v) is 5.99. The molecular formula is C14H14FN3O2. The molecule has 2 rings (SSSR count). The second kappa shape index (κ2) is 5.56. The molecule has 0 bridgehead atoms. The standard InChI is InChI=1S/C14H14FN3O2/c1-8(10-4-2-3-5-12(10)15)18-13-11(14(19)20)6-9(16)7-17-13/h2-8H,16H2,1H3,(H,17,18)(H,19,20). The fourth-order valence-corrected chi connectivity index (χ4v) is 1.87. The highest BCUT2D eigenvalue weighted by Crippen LogP contribution is 2.23. The largest absolute Gasteiger partial charge is 0.478 e. The van der Waals surface area contributed by atoms with Crippen LogP contribution in [0.25, 0.3) is 0 Å². The number of carboxylic acids is 1. The number of nitrogens with one attached hydrogen (secondary N) is 1. The Labute approximate surface area is 115 Å². The summed E-state index contributed by atoms with van der Waals surface area (Å²) in [5.41, 5.74) is 6.16. The Hall–Kier alpha value is -2.63. The zero-order valence-electron chi connectivity index (χ0n) is 10.8. The van der Waals surface area contributed by atoms with Gasteiger partial charge in [-0.3, -0.25) is 0 Å². The third-order valence-electron chi connectivity index (χ3n) is 2.86. The van der Waals surface area contributed by atoms with Gasteiger partial charge in [-0.05, 0) is 19.1 Å². The van der Waals surface area contributed by atoms with E-state index in [1.54, 1.807) is 25.1 Å². The molecule has 1 aromatic carbocycles. The number of hydrogen-bond acceptors (Lipinski definition) is 4. The van der Waals surface area contributed by atoms with Crippen molar-refractivity contribution in [3.8, 4) is 0 Å². The summed E-state index contributed by atoms with van der Waals surface area (Å²) in [4.78, 5) is 15.1. The maximum absolute atomic E-state index is 13.7. The number of rotatable bonds is 4. The Bertz CT molecular complexity index is 646. The van der Waals surface area contributed by atoms with E-state index < -0.39 is 12.0 Å². The summed E-state index contributed by atoms with van der Waals surface area (Å²) in [7, 11) is 0. The molecule has 0 aliphatic rings. The fraction of sp³-hybridized carbons (Fsp3) is 0.143. The molecule has 1 unspecified atom stereocenters. The molecule has 0 amide bonds. The quantitative estimate of drug-likeness (QED) is 0.798. The zero-order chi connectivity index (χ0) is 14.7. The minimum absolute atomic E-state index is 0.0480. The summed E-state index contributed by atoms with van der Waals surface area (Å²) in [5.74, 6) is -1.35. The zero-order valence-corrected chi connectivity index (χ0v) is 10.8. The average molecular weight is 275 g/mol.